The highest BCUT2D eigenvalue weighted by Crippen LogP contribution is 2.36. The summed E-state index contributed by atoms with van der Waals surface area (Å²) in [5, 5.41) is 3.00. The van der Waals surface area contributed by atoms with E-state index in [1.54, 1.807) is 0 Å². The van der Waals surface area contributed by atoms with Crippen LogP contribution in [0.2, 0.25) is 0 Å². The van der Waals surface area contributed by atoms with E-state index in [0.29, 0.717) is 6.54 Å². The molecule has 1 heterocycles. The maximum Gasteiger partial charge on any atom is 0.238 e. The molecule has 3 rings (SSSR count). The molecule has 5 nitrogen and oxygen atoms in total. The Bertz CT molecular complexity index is 622. The molecule has 2 fully saturated rings. The molecular weight excluding hydrogens is 334 g/mol. The highest BCUT2D eigenvalue weighted by atomic mass is 32.2. The van der Waals surface area contributed by atoms with Gasteiger partial charge in [0.05, 0.1) is 18.0 Å². The number of carbonyl (C=O) groups excluding carboxylic acids is 2. The molecular formula is C19H27N3O2S. The van der Waals surface area contributed by atoms with E-state index in [2.05, 4.69) is 10.2 Å². The number of benzene rings is 1. The lowest BCUT2D eigenvalue weighted by molar-refractivity contribution is -0.118. The van der Waals surface area contributed by atoms with Crippen LogP contribution < -0.4 is 11.1 Å². The van der Waals surface area contributed by atoms with Crippen molar-refractivity contribution in [3.63, 3.8) is 0 Å². The van der Waals surface area contributed by atoms with Crippen LogP contribution in [-0.2, 0) is 9.59 Å². The van der Waals surface area contributed by atoms with Crippen molar-refractivity contribution in [3.05, 3.63) is 24.3 Å². The summed E-state index contributed by atoms with van der Waals surface area (Å²) < 4.78 is 0. The Morgan fingerprint density at radius 3 is 2.72 bits per heavy atom. The Balaban J connectivity index is 1.53. The molecule has 0 unspecified atom stereocenters. The quantitative estimate of drug-likeness (QED) is 0.764. The van der Waals surface area contributed by atoms with Crippen molar-refractivity contribution in [2.75, 3.05) is 30.7 Å². The van der Waals surface area contributed by atoms with Crippen LogP contribution in [0.4, 0.5) is 5.69 Å². The highest BCUT2D eigenvalue weighted by Gasteiger charge is 2.31. The fraction of sp³-hybridized carbons (Fsp3) is 0.579. The number of likely N-dealkylation sites (tertiary alicyclic amines) is 1. The van der Waals surface area contributed by atoms with Gasteiger partial charge in [0, 0.05) is 11.4 Å². The molecule has 1 saturated heterocycles. The second kappa shape index (κ2) is 8.72. The normalized spacial score (nSPS) is 23.7. The Labute approximate surface area is 153 Å². The van der Waals surface area contributed by atoms with Gasteiger partial charge in [-0.25, -0.2) is 0 Å². The lowest BCUT2D eigenvalue weighted by Crippen LogP contribution is -2.44. The van der Waals surface area contributed by atoms with Gasteiger partial charge < -0.3 is 11.1 Å². The molecule has 0 spiro atoms. The van der Waals surface area contributed by atoms with Gasteiger partial charge in [-0.2, -0.15) is 0 Å². The second-order valence-electron chi connectivity index (χ2n) is 7.13. The summed E-state index contributed by atoms with van der Waals surface area (Å²) in [6.45, 7) is 2.51. The molecule has 1 aromatic carbocycles. The Morgan fingerprint density at radius 2 is 1.92 bits per heavy atom. The highest BCUT2D eigenvalue weighted by molar-refractivity contribution is 8.00. The van der Waals surface area contributed by atoms with Gasteiger partial charge in [-0.1, -0.05) is 31.4 Å². The lowest BCUT2D eigenvalue weighted by atomic mass is 9.75. The molecule has 2 amide bonds. The van der Waals surface area contributed by atoms with Crippen molar-refractivity contribution in [2.45, 2.75) is 37.0 Å². The number of thioether (sulfide) groups is 1. The predicted molar refractivity (Wildman–Crippen MR) is 101 cm³/mol. The standard InChI is InChI=1S/C19H27N3O2S/c20-18(23)13-25-17-8-4-3-7-16(17)21-19(24)12-22-10-9-14-5-1-2-6-15(14)11-22/h3-4,7-8,14-15H,1-2,5-6,9-13H2,(H2,20,23)(H,21,24)/t14-,15-/m1/s1. The van der Waals surface area contributed by atoms with Gasteiger partial charge in [-0.15, -0.1) is 11.8 Å². The van der Waals surface area contributed by atoms with Gasteiger partial charge in [-0.05, 0) is 43.4 Å². The molecule has 2 aliphatic rings. The number of nitrogens with one attached hydrogen (secondary N) is 1. The van der Waals surface area contributed by atoms with E-state index in [9.17, 15) is 9.59 Å². The van der Waals surface area contributed by atoms with E-state index >= 15 is 0 Å². The second-order valence-corrected chi connectivity index (χ2v) is 8.14. The largest absolute Gasteiger partial charge is 0.369 e. The Morgan fingerprint density at radius 1 is 1.16 bits per heavy atom. The zero-order valence-electron chi connectivity index (χ0n) is 14.6. The molecule has 0 aromatic heterocycles. The van der Waals surface area contributed by atoms with Gasteiger partial charge in [-0.3, -0.25) is 14.5 Å². The van der Waals surface area contributed by atoms with Crippen molar-refractivity contribution in [1.82, 2.24) is 4.90 Å². The fourth-order valence-electron chi connectivity index (χ4n) is 4.06. The van der Waals surface area contributed by atoms with Crippen molar-refractivity contribution in [3.8, 4) is 0 Å². The first kappa shape index (κ1) is 18.3. The van der Waals surface area contributed by atoms with E-state index in [-0.39, 0.29) is 17.6 Å². The first-order chi connectivity index (χ1) is 12.1. The van der Waals surface area contributed by atoms with Crippen molar-refractivity contribution in [1.29, 1.82) is 0 Å². The number of anilines is 1. The topological polar surface area (TPSA) is 75.4 Å². The summed E-state index contributed by atoms with van der Waals surface area (Å²) in [7, 11) is 0. The Kier molecular flexibility index (Phi) is 6.37. The first-order valence-corrected chi connectivity index (χ1v) is 10.1. The van der Waals surface area contributed by atoms with Crippen LogP contribution in [0.3, 0.4) is 0 Å². The molecule has 136 valence electrons. The molecule has 1 aliphatic heterocycles. The molecule has 1 aliphatic carbocycles. The van der Waals surface area contributed by atoms with Crippen LogP contribution in [0.15, 0.2) is 29.2 Å². The molecule has 1 saturated carbocycles. The van der Waals surface area contributed by atoms with Crippen LogP contribution in [0.5, 0.6) is 0 Å². The number of amides is 2. The molecule has 25 heavy (non-hydrogen) atoms. The third kappa shape index (κ3) is 5.22. The molecule has 1 aromatic rings. The van der Waals surface area contributed by atoms with Crippen molar-refractivity contribution < 1.29 is 9.59 Å². The van der Waals surface area contributed by atoms with Crippen LogP contribution in [0.1, 0.15) is 32.1 Å². The molecule has 0 bridgehead atoms. The van der Waals surface area contributed by atoms with E-state index in [1.807, 2.05) is 24.3 Å². The summed E-state index contributed by atoms with van der Waals surface area (Å²) in [6.07, 6.45) is 6.63. The summed E-state index contributed by atoms with van der Waals surface area (Å²) in [6, 6.07) is 7.55. The van der Waals surface area contributed by atoms with E-state index in [0.717, 1.165) is 35.5 Å². The first-order valence-electron chi connectivity index (χ1n) is 9.14. The van der Waals surface area contributed by atoms with E-state index in [4.69, 9.17) is 5.73 Å². The van der Waals surface area contributed by atoms with Crippen LogP contribution in [0, 0.1) is 11.8 Å². The fourth-order valence-corrected chi connectivity index (χ4v) is 4.80. The minimum absolute atomic E-state index is 0.0152. The zero-order valence-corrected chi connectivity index (χ0v) is 15.4. The number of hydrogen-bond acceptors (Lipinski definition) is 4. The zero-order chi connectivity index (χ0) is 17.6. The smallest absolute Gasteiger partial charge is 0.238 e. The number of piperidine rings is 1. The number of nitrogens with two attached hydrogens (primary N) is 1. The average Bonchev–Trinajstić information content (AvgIpc) is 2.60. The van der Waals surface area contributed by atoms with Crippen LogP contribution >= 0.6 is 11.8 Å². The summed E-state index contributed by atoms with van der Waals surface area (Å²) in [4.78, 5) is 26.6. The van der Waals surface area contributed by atoms with Gasteiger partial charge in [0.2, 0.25) is 11.8 Å². The molecule has 3 N–H and O–H groups in total. The number of hydrogen-bond donors (Lipinski definition) is 2. The van der Waals surface area contributed by atoms with Gasteiger partial charge >= 0.3 is 0 Å². The molecule has 0 radical (unpaired) electrons. The van der Waals surface area contributed by atoms with Gasteiger partial charge in [0.25, 0.3) is 0 Å². The molecule has 6 heteroatoms. The predicted octanol–water partition coefficient (Wildman–Crippen LogP) is 2.71. The summed E-state index contributed by atoms with van der Waals surface area (Å²) in [5.74, 6) is 1.51. The average molecular weight is 362 g/mol. The van der Waals surface area contributed by atoms with Crippen molar-refractivity contribution >= 4 is 29.3 Å². The van der Waals surface area contributed by atoms with Gasteiger partial charge in [0.15, 0.2) is 0 Å². The minimum Gasteiger partial charge on any atom is -0.369 e. The van der Waals surface area contributed by atoms with E-state index < -0.39 is 0 Å². The third-order valence-corrected chi connectivity index (χ3v) is 6.37. The van der Waals surface area contributed by atoms with Crippen LogP contribution in [-0.4, -0.2) is 42.1 Å². The maximum absolute atomic E-state index is 12.5. The van der Waals surface area contributed by atoms with Crippen LogP contribution in [0.25, 0.3) is 0 Å². The Hall–Kier alpha value is -1.53. The number of nitrogens with zero attached hydrogens (tertiary/aromatic N) is 1. The number of primary amides is 1. The monoisotopic (exact) mass is 361 g/mol. The third-order valence-electron chi connectivity index (χ3n) is 5.27. The number of fused-ring (bicyclic) bond motifs is 1. The number of carbonyl (C=O) groups is 2. The van der Waals surface area contributed by atoms with E-state index in [1.165, 1.54) is 43.9 Å². The maximum atomic E-state index is 12.5. The number of rotatable bonds is 6. The molecule has 2 atom stereocenters. The minimum atomic E-state index is -0.360. The summed E-state index contributed by atoms with van der Waals surface area (Å²) >= 11 is 1.36. The lowest BCUT2D eigenvalue weighted by Gasteiger charge is -2.41. The SMILES string of the molecule is NC(=O)CSc1ccccc1NC(=O)CN1CC[C@H]2CCCC[C@@H]2C1. The number of para-hydroxylation sites is 1. The van der Waals surface area contributed by atoms with Gasteiger partial charge in [0.1, 0.15) is 0 Å². The summed E-state index contributed by atoms with van der Waals surface area (Å²) in [5.41, 5.74) is 5.97. The van der Waals surface area contributed by atoms with Crippen molar-refractivity contribution in [2.24, 2.45) is 17.6 Å².